The maximum Gasteiger partial charge on any atom is 0.314 e. The first-order chi connectivity index (χ1) is 11.9. The number of alkyl halides is 2. The predicted octanol–water partition coefficient (Wildman–Crippen LogP) is 2.27. The molecule has 0 saturated heterocycles. The van der Waals surface area contributed by atoms with Gasteiger partial charge < -0.3 is 8.98 Å². The summed E-state index contributed by atoms with van der Waals surface area (Å²) in [5.74, 6) is -1.65. The molecule has 0 N–H and O–H groups in total. The van der Waals surface area contributed by atoms with Crippen molar-refractivity contribution in [1.29, 1.82) is 0 Å². The Kier molecular flexibility index (Phi) is 4.45. The van der Waals surface area contributed by atoms with Crippen LogP contribution in [-0.2, 0) is 15.7 Å². The minimum Gasteiger partial charge on any atom is -0.415 e. The highest BCUT2D eigenvalue weighted by atomic mass is 32.2. The Morgan fingerprint density at radius 2 is 1.84 bits per heavy atom. The minimum atomic E-state index is -3.71. The molecule has 0 unspecified atom stereocenters. The lowest BCUT2D eigenvalue weighted by molar-refractivity contribution is 0.116. The smallest absolute Gasteiger partial charge is 0.314 e. The van der Waals surface area contributed by atoms with E-state index in [9.17, 15) is 22.0 Å². The van der Waals surface area contributed by atoms with Gasteiger partial charge in [0.1, 0.15) is 5.88 Å². The fraction of sp³-hybridized carbons (Fsp3) is 0.133. The number of benzene rings is 1. The molecule has 0 bridgehead atoms. The molecule has 0 radical (unpaired) electrons. The average Bonchev–Trinajstić information content (AvgIpc) is 3.08. The topological polar surface area (TPSA) is 95.1 Å². The van der Waals surface area contributed by atoms with E-state index in [1.54, 1.807) is 18.2 Å². The van der Waals surface area contributed by atoms with Crippen LogP contribution in [0.25, 0.3) is 11.5 Å². The monoisotopic (exact) mass is 367 g/mol. The lowest BCUT2D eigenvalue weighted by Crippen LogP contribution is -2.23. The van der Waals surface area contributed by atoms with Crippen molar-refractivity contribution in [3.63, 3.8) is 0 Å². The Morgan fingerprint density at radius 3 is 2.44 bits per heavy atom. The molecule has 0 atom stereocenters. The first-order valence-corrected chi connectivity index (χ1v) is 8.62. The zero-order chi connectivity index (χ0) is 18.0. The molecule has 2 aromatic heterocycles. The standard InChI is InChI=1S/C15H11F2N3O4S/c16-13(17)15-19-18-14(24-15)10-6-7-20(12(21)8-10)9-25(22,23)11-4-2-1-3-5-11/h1-8,13H,9H2. The average molecular weight is 367 g/mol. The van der Waals surface area contributed by atoms with Crippen molar-refractivity contribution in [2.75, 3.05) is 0 Å². The van der Waals surface area contributed by atoms with E-state index >= 15 is 0 Å². The van der Waals surface area contributed by atoms with Gasteiger partial charge in [0.2, 0.25) is 5.89 Å². The van der Waals surface area contributed by atoms with Gasteiger partial charge in [-0.05, 0) is 18.2 Å². The van der Waals surface area contributed by atoms with Gasteiger partial charge in [0, 0.05) is 17.8 Å². The van der Waals surface area contributed by atoms with Crippen molar-refractivity contribution in [3.05, 3.63) is 64.9 Å². The predicted molar refractivity (Wildman–Crippen MR) is 82.6 cm³/mol. The summed E-state index contributed by atoms with van der Waals surface area (Å²) >= 11 is 0. The van der Waals surface area contributed by atoms with Crippen LogP contribution in [0.2, 0.25) is 0 Å². The fourth-order valence-electron chi connectivity index (χ4n) is 2.07. The van der Waals surface area contributed by atoms with Crippen LogP contribution in [0.5, 0.6) is 0 Å². The Bertz CT molecular complexity index is 1050. The van der Waals surface area contributed by atoms with Gasteiger partial charge in [0.15, 0.2) is 9.84 Å². The molecule has 0 fully saturated rings. The quantitative estimate of drug-likeness (QED) is 0.686. The van der Waals surface area contributed by atoms with E-state index in [-0.39, 0.29) is 16.3 Å². The highest BCUT2D eigenvalue weighted by Gasteiger charge is 2.19. The molecule has 1 aromatic carbocycles. The van der Waals surface area contributed by atoms with Gasteiger partial charge in [0.05, 0.1) is 4.90 Å². The van der Waals surface area contributed by atoms with E-state index in [2.05, 4.69) is 10.2 Å². The van der Waals surface area contributed by atoms with Gasteiger partial charge in [-0.1, -0.05) is 18.2 Å². The molecule has 25 heavy (non-hydrogen) atoms. The molecule has 0 aliphatic rings. The molecule has 7 nitrogen and oxygen atoms in total. The third kappa shape index (κ3) is 3.63. The van der Waals surface area contributed by atoms with Gasteiger partial charge in [-0.25, -0.2) is 8.42 Å². The summed E-state index contributed by atoms with van der Waals surface area (Å²) in [5.41, 5.74) is -0.522. The molecular formula is C15H11F2N3O4S. The Balaban J connectivity index is 1.89. The van der Waals surface area contributed by atoms with Crippen LogP contribution in [-0.4, -0.2) is 23.2 Å². The number of pyridine rings is 1. The second-order valence-corrected chi connectivity index (χ2v) is 6.99. The van der Waals surface area contributed by atoms with Crippen LogP contribution in [0.3, 0.4) is 0 Å². The van der Waals surface area contributed by atoms with Gasteiger partial charge >= 0.3 is 6.43 Å². The maximum absolute atomic E-state index is 12.5. The Labute approximate surface area is 140 Å². The lowest BCUT2D eigenvalue weighted by atomic mass is 10.3. The maximum atomic E-state index is 12.5. The van der Waals surface area contributed by atoms with Gasteiger partial charge in [0.25, 0.3) is 11.4 Å². The summed E-state index contributed by atoms with van der Waals surface area (Å²) in [4.78, 5) is 12.2. The van der Waals surface area contributed by atoms with Crippen LogP contribution in [0.1, 0.15) is 12.3 Å². The van der Waals surface area contributed by atoms with Crippen LogP contribution in [0.4, 0.5) is 8.78 Å². The molecule has 0 amide bonds. The number of halogens is 2. The number of hydrogen-bond acceptors (Lipinski definition) is 6. The van der Waals surface area contributed by atoms with Crippen LogP contribution in [0, 0.1) is 0 Å². The van der Waals surface area contributed by atoms with Crippen molar-refractivity contribution < 1.29 is 21.6 Å². The van der Waals surface area contributed by atoms with E-state index in [1.165, 1.54) is 24.4 Å². The largest absolute Gasteiger partial charge is 0.415 e. The molecule has 0 aliphatic carbocycles. The van der Waals surface area contributed by atoms with E-state index in [1.807, 2.05) is 0 Å². The molecule has 2 heterocycles. The Hall–Kier alpha value is -2.88. The number of hydrogen-bond donors (Lipinski definition) is 0. The fourth-order valence-corrected chi connectivity index (χ4v) is 3.37. The molecule has 0 saturated carbocycles. The third-order valence-corrected chi connectivity index (χ3v) is 4.89. The molecular weight excluding hydrogens is 356 g/mol. The van der Waals surface area contributed by atoms with E-state index < -0.39 is 33.6 Å². The van der Waals surface area contributed by atoms with Crippen molar-refractivity contribution in [3.8, 4) is 11.5 Å². The molecule has 3 aromatic rings. The van der Waals surface area contributed by atoms with Crippen molar-refractivity contribution in [2.24, 2.45) is 0 Å². The number of nitrogens with zero attached hydrogens (tertiary/aromatic N) is 3. The zero-order valence-corrected chi connectivity index (χ0v) is 13.4. The van der Waals surface area contributed by atoms with Gasteiger partial charge in [-0.2, -0.15) is 8.78 Å². The van der Waals surface area contributed by atoms with E-state index in [0.29, 0.717) is 0 Å². The third-order valence-electron chi connectivity index (χ3n) is 3.28. The van der Waals surface area contributed by atoms with E-state index in [4.69, 9.17) is 4.42 Å². The zero-order valence-electron chi connectivity index (χ0n) is 12.5. The van der Waals surface area contributed by atoms with Crippen molar-refractivity contribution in [1.82, 2.24) is 14.8 Å². The normalized spacial score (nSPS) is 11.8. The summed E-state index contributed by atoms with van der Waals surface area (Å²) in [6.07, 6.45) is -1.69. The molecule has 0 spiro atoms. The summed E-state index contributed by atoms with van der Waals surface area (Å²) in [6.45, 7) is 0. The van der Waals surface area contributed by atoms with Gasteiger partial charge in [-0.15, -0.1) is 10.2 Å². The first-order valence-electron chi connectivity index (χ1n) is 6.97. The first kappa shape index (κ1) is 17.0. The molecule has 10 heteroatoms. The second-order valence-electron chi connectivity index (χ2n) is 5.03. The SMILES string of the molecule is O=c1cc(-c2nnc(C(F)F)o2)ccn1CS(=O)(=O)c1ccccc1. The lowest BCUT2D eigenvalue weighted by Gasteiger charge is -2.07. The summed E-state index contributed by atoms with van der Waals surface area (Å²) < 4.78 is 55.3. The summed E-state index contributed by atoms with van der Waals surface area (Å²) in [6, 6.07) is 10.1. The van der Waals surface area contributed by atoms with Crippen LogP contribution in [0.15, 0.2) is 62.8 Å². The molecule has 130 valence electrons. The molecule has 0 aliphatic heterocycles. The Morgan fingerprint density at radius 1 is 1.12 bits per heavy atom. The van der Waals surface area contributed by atoms with Crippen LogP contribution >= 0.6 is 0 Å². The summed E-state index contributed by atoms with van der Waals surface area (Å²) in [5, 5.41) is 6.61. The molecule has 3 rings (SSSR count). The van der Waals surface area contributed by atoms with Crippen molar-refractivity contribution in [2.45, 2.75) is 17.2 Å². The number of aromatic nitrogens is 3. The van der Waals surface area contributed by atoms with Gasteiger partial charge in [-0.3, -0.25) is 4.79 Å². The summed E-state index contributed by atoms with van der Waals surface area (Å²) in [7, 11) is -3.71. The highest BCUT2D eigenvalue weighted by Crippen LogP contribution is 2.22. The minimum absolute atomic E-state index is 0.0875. The van der Waals surface area contributed by atoms with E-state index in [0.717, 1.165) is 10.6 Å². The number of rotatable bonds is 5. The second kappa shape index (κ2) is 6.55. The van der Waals surface area contributed by atoms with Crippen molar-refractivity contribution >= 4 is 9.84 Å². The number of sulfone groups is 1. The van der Waals surface area contributed by atoms with Crippen LogP contribution < -0.4 is 5.56 Å². The highest BCUT2D eigenvalue weighted by molar-refractivity contribution is 7.90.